The minimum absolute atomic E-state index is 0.0734. The first-order valence-corrected chi connectivity index (χ1v) is 7.61. The molecule has 1 unspecified atom stereocenters. The molecule has 0 amide bonds. The zero-order valence-electron chi connectivity index (χ0n) is 11.0. The van der Waals surface area contributed by atoms with Crippen LogP contribution in [0.5, 0.6) is 0 Å². The molecule has 0 spiro atoms. The molecule has 2 rings (SSSR count). The number of hydrogen-bond acceptors (Lipinski definition) is 2. The van der Waals surface area contributed by atoms with Crippen LogP contribution in [0.3, 0.4) is 0 Å². The second-order valence-electron chi connectivity index (χ2n) is 4.49. The van der Waals surface area contributed by atoms with E-state index < -0.39 is 0 Å². The fourth-order valence-electron chi connectivity index (χ4n) is 2.08. The fourth-order valence-corrected chi connectivity index (χ4v) is 3.01. The van der Waals surface area contributed by atoms with Crippen LogP contribution < -0.4 is 5.32 Å². The van der Waals surface area contributed by atoms with Gasteiger partial charge in [-0.05, 0) is 54.6 Å². The molecule has 2 aromatic rings. The second kappa shape index (κ2) is 6.51. The van der Waals surface area contributed by atoms with Gasteiger partial charge < -0.3 is 5.32 Å². The molecule has 0 aliphatic heterocycles. The molecule has 19 heavy (non-hydrogen) atoms. The lowest BCUT2D eigenvalue weighted by Crippen LogP contribution is -2.23. The molecule has 0 aliphatic carbocycles. The predicted molar refractivity (Wildman–Crippen MR) is 80.6 cm³/mol. The topological polar surface area (TPSA) is 12.0 Å². The van der Waals surface area contributed by atoms with Crippen LogP contribution in [0.4, 0.5) is 4.39 Å². The maximum absolute atomic E-state index is 13.3. The van der Waals surface area contributed by atoms with E-state index in [0.29, 0.717) is 0 Å². The van der Waals surface area contributed by atoms with E-state index in [2.05, 4.69) is 30.6 Å². The molecular formula is C15H17ClFNS. The Kier molecular flexibility index (Phi) is 4.97. The van der Waals surface area contributed by atoms with E-state index in [1.54, 1.807) is 23.5 Å². The Balaban J connectivity index is 2.37. The highest BCUT2D eigenvalue weighted by Crippen LogP contribution is 2.30. The summed E-state index contributed by atoms with van der Waals surface area (Å²) in [6.07, 6.45) is 1.05. The van der Waals surface area contributed by atoms with Crippen LogP contribution >= 0.6 is 22.9 Å². The predicted octanol–water partition coefficient (Wildman–Crippen LogP) is 4.94. The molecular weight excluding hydrogens is 281 g/mol. The Hall–Kier alpha value is -0.900. The van der Waals surface area contributed by atoms with Gasteiger partial charge in [0.1, 0.15) is 5.82 Å². The molecule has 1 atom stereocenters. The third kappa shape index (κ3) is 3.35. The Bertz CT molecular complexity index is 553. The minimum atomic E-state index is -0.373. The van der Waals surface area contributed by atoms with E-state index in [4.69, 9.17) is 11.6 Å². The van der Waals surface area contributed by atoms with Crippen molar-refractivity contribution in [3.05, 3.63) is 56.5 Å². The smallest absolute Gasteiger partial charge is 0.141 e. The summed E-state index contributed by atoms with van der Waals surface area (Å²) in [5.74, 6) is -0.373. The van der Waals surface area contributed by atoms with Gasteiger partial charge in [0.2, 0.25) is 0 Å². The molecule has 1 aromatic heterocycles. The van der Waals surface area contributed by atoms with Crippen LogP contribution in [0.25, 0.3) is 0 Å². The lowest BCUT2D eigenvalue weighted by Gasteiger charge is -2.19. The van der Waals surface area contributed by atoms with Crippen LogP contribution in [0, 0.1) is 12.7 Å². The molecule has 0 fully saturated rings. The summed E-state index contributed by atoms with van der Waals surface area (Å²) in [5.41, 5.74) is 2.24. The van der Waals surface area contributed by atoms with Crippen LogP contribution in [-0.4, -0.2) is 6.54 Å². The Morgan fingerprint density at radius 1 is 1.37 bits per heavy atom. The van der Waals surface area contributed by atoms with E-state index in [-0.39, 0.29) is 16.9 Å². The SMILES string of the molecule is CCCNC(c1ccc(F)c(Cl)c1)c1ccsc1C. The number of hydrogen-bond donors (Lipinski definition) is 1. The van der Waals surface area contributed by atoms with E-state index in [1.165, 1.54) is 16.5 Å². The second-order valence-corrected chi connectivity index (χ2v) is 6.02. The van der Waals surface area contributed by atoms with Gasteiger partial charge in [0.25, 0.3) is 0 Å². The average Bonchev–Trinajstić information content (AvgIpc) is 2.80. The standard InChI is InChI=1S/C15H17ClFNS/c1-3-7-18-15(12-6-8-19-10(12)2)11-4-5-14(17)13(16)9-11/h4-6,8-9,15,18H,3,7H2,1-2H3. The molecule has 0 aliphatic rings. The zero-order valence-corrected chi connectivity index (χ0v) is 12.6. The lowest BCUT2D eigenvalue weighted by atomic mass is 9.99. The summed E-state index contributed by atoms with van der Waals surface area (Å²) >= 11 is 7.61. The van der Waals surface area contributed by atoms with Crippen LogP contribution in [0.1, 0.15) is 35.4 Å². The Morgan fingerprint density at radius 3 is 2.74 bits per heavy atom. The highest BCUT2D eigenvalue weighted by molar-refractivity contribution is 7.10. The van der Waals surface area contributed by atoms with Crippen LogP contribution in [-0.2, 0) is 0 Å². The molecule has 0 bridgehead atoms. The van der Waals surface area contributed by atoms with Crippen molar-refractivity contribution in [3.63, 3.8) is 0 Å². The Labute approximate surface area is 122 Å². The highest BCUT2D eigenvalue weighted by atomic mass is 35.5. The summed E-state index contributed by atoms with van der Waals surface area (Å²) in [6, 6.07) is 7.13. The number of thiophene rings is 1. The molecule has 0 radical (unpaired) electrons. The monoisotopic (exact) mass is 297 g/mol. The third-order valence-corrected chi connectivity index (χ3v) is 4.24. The van der Waals surface area contributed by atoms with Gasteiger partial charge in [-0.1, -0.05) is 24.6 Å². The van der Waals surface area contributed by atoms with Gasteiger partial charge >= 0.3 is 0 Å². The van der Waals surface area contributed by atoms with Crippen LogP contribution in [0.15, 0.2) is 29.6 Å². The first-order chi connectivity index (χ1) is 9.13. The van der Waals surface area contributed by atoms with Crippen molar-refractivity contribution in [1.82, 2.24) is 5.32 Å². The quantitative estimate of drug-likeness (QED) is 0.824. The van der Waals surface area contributed by atoms with E-state index >= 15 is 0 Å². The van der Waals surface area contributed by atoms with Crippen molar-refractivity contribution in [1.29, 1.82) is 0 Å². The maximum Gasteiger partial charge on any atom is 0.141 e. The number of halogens is 2. The van der Waals surface area contributed by atoms with E-state index in [0.717, 1.165) is 18.5 Å². The zero-order chi connectivity index (χ0) is 13.8. The van der Waals surface area contributed by atoms with E-state index in [1.807, 2.05) is 0 Å². The van der Waals surface area contributed by atoms with Gasteiger partial charge in [-0.25, -0.2) is 4.39 Å². The van der Waals surface area contributed by atoms with Gasteiger partial charge in [-0.3, -0.25) is 0 Å². The molecule has 4 heteroatoms. The largest absolute Gasteiger partial charge is 0.306 e. The molecule has 1 aromatic carbocycles. The van der Waals surface area contributed by atoms with Gasteiger partial charge in [0.05, 0.1) is 11.1 Å². The molecule has 1 nitrogen and oxygen atoms in total. The molecule has 1 N–H and O–H groups in total. The highest BCUT2D eigenvalue weighted by Gasteiger charge is 2.17. The van der Waals surface area contributed by atoms with Crippen molar-refractivity contribution in [3.8, 4) is 0 Å². The number of aryl methyl sites for hydroxylation is 1. The summed E-state index contributed by atoms with van der Waals surface area (Å²) in [4.78, 5) is 1.27. The van der Waals surface area contributed by atoms with Crippen molar-refractivity contribution < 1.29 is 4.39 Å². The first-order valence-electron chi connectivity index (χ1n) is 6.35. The minimum Gasteiger partial charge on any atom is -0.306 e. The molecule has 102 valence electrons. The van der Waals surface area contributed by atoms with Gasteiger partial charge in [0, 0.05) is 4.88 Å². The van der Waals surface area contributed by atoms with Gasteiger partial charge in [-0.2, -0.15) is 0 Å². The fraction of sp³-hybridized carbons (Fsp3) is 0.333. The maximum atomic E-state index is 13.3. The van der Waals surface area contributed by atoms with Crippen molar-refractivity contribution in [2.75, 3.05) is 6.54 Å². The first kappa shape index (κ1) is 14.5. The lowest BCUT2D eigenvalue weighted by molar-refractivity contribution is 0.593. The van der Waals surface area contributed by atoms with Crippen molar-refractivity contribution in [2.45, 2.75) is 26.3 Å². The summed E-state index contributed by atoms with van der Waals surface area (Å²) in [5, 5.41) is 5.76. The summed E-state index contributed by atoms with van der Waals surface area (Å²) in [6.45, 7) is 5.14. The summed E-state index contributed by atoms with van der Waals surface area (Å²) < 4.78 is 13.3. The molecule has 0 saturated carbocycles. The number of benzene rings is 1. The summed E-state index contributed by atoms with van der Waals surface area (Å²) in [7, 11) is 0. The van der Waals surface area contributed by atoms with Gasteiger partial charge in [-0.15, -0.1) is 11.3 Å². The van der Waals surface area contributed by atoms with Gasteiger partial charge in [0.15, 0.2) is 0 Å². The number of rotatable bonds is 5. The van der Waals surface area contributed by atoms with Crippen molar-refractivity contribution in [2.24, 2.45) is 0 Å². The third-order valence-electron chi connectivity index (χ3n) is 3.09. The van der Waals surface area contributed by atoms with Crippen molar-refractivity contribution >= 4 is 22.9 Å². The molecule has 0 saturated heterocycles. The van der Waals surface area contributed by atoms with E-state index in [9.17, 15) is 4.39 Å². The average molecular weight is 298 g/mol. The normalized spacial score (nSPS) is 12.6. The van der Waals surface area contributed by atoms with Crippen LogP contribution in [0.2, 0.25) is 5.02 Å². The number of nitrogens with one attached hydrogen (secondary N) is 1. The Morgan fingerprint density at radius 2 is 2.16 bits per heavy atom. The molecule has 1 heterocycles.